The quantitative estimate of drug-likeness (QED) is 0.569. The van der Waals surface area contributed by atoms with Crippen molar-refractivity contribution < 1.29 is 14.5 Å². The molecule has 0 unspecified atom stereocenters. The van der Waals surface area contributed by atoms with E-state index in [0.29, 0.717) is 5.75 Å². The van der Waals surface area contributed by atoms with Crippen molar-refractivity contribution in [2.45, 2.75) is 0 Å². The Labute approximate surface area is 142 Å². The Hall–Kier alpha value is -3.68. The lowest BCUT2D eigenvalue weighted by molar-refractivity contribution is -0.385. The molecule has 1 amide bonds. The first-order valence-corrected chi connectivity index (χ1v) is 7.37. The van der Waals surface area contributed by atoms with E-state index in [1.807, 2.05) is 6.07 Å². The molecule has 3 aromatic rings. The molecule has 25 heavy (non-hydrogen) atoms. The van der Waals surface area contributed by atoms with E-state index in [2.05, 4.69) is 10.4 Å². The van der Waals surface area contributed by atoms with Gasteiger partial charge in [0.15, 0.2) is 0 Å². The molecule has 0 atom stereocenters. The first-order valence-electron chi connectivity index (χ1n) is 7.37. The number of benzene rings is 2. The van der Waals surface area contributed by atoms with Crippen LogP contribution in [0.4, 0.5) is 5.69 Å². The molecule has 1 N–H and O–H groups in total. The average Bonchev–Trinajstić information content (AvgIpc) is 3.16. The van der Waals surface area contributed by atoms with Crippen LogP contribution in [-0.4, -0.2) is 27.7 Å². The number of aromatic nitrogens is 2. The summed E-state index contributed by atoms with van der Waals surface area (Å²) in [6.07, 6.45) is 3.47. The molecule has 1 heterocycles. The van der Waals surface area contributed by atoms with Crippen molar-refractivity contribution in [3.63, 3.8) is 0 Å². The summed E-state index contributed by atoms with van der Waals surface area (Å²) >= 11 is 0. The molecule has 1 aromatic heterocycles. The van der Waals surface area contributed by atoms with Gasteiger partial charge in [-0.25, -0.2) is 4.68 Å². The van der Waals surface area contributed by atoms with Crippen LogP contribution in [0.3, 0.4) is 0 Å². The predicted molar refractivity (Wildman–Crippen MR) is 90.1 cm³/mol. The number of ether oxygens (including phenoxy) is 1. The van der Waals surface area contributed by atoms with E-state index in [0.717, 1.165) is 5.69 Å². The van der Waals surface area contributed by atoms with Crippen molar-refractivity contribution in [1.82, 2.24) is 15.1 Å². The van der Waals surface area contributed by atoms with Crippen LogP contribution in [0.1, 0.15) is 10.4 Å². The van der Waals surface area contributed by atoms with Gasteiger partial charge in [-0.15, -0.1) is 0 Å². The highest BCUT2D eigenvalue weighted by Crippen LogP contribution is 2.32. The molecule has 3 rings (SSSR count). The number of hydrogen-bond donors (Lipinski definition) is 1. The Bertz CT molecular complexity index is 905. The normalized spacial score (nSPS) is 10.3. The number of hydrogen-bond acceptors (Lipinski definition) is 5. The van der Waals surface area contributed by atoms with Crippen molar-refractivity contribution in [3.8, 4) is 17.2 Å². The molecule has 0 aliphatic heterocycles. The number of carbonyl (C=O) groups excluding carboxylic acids is 1. The van der Waals surface area contributed by atoms with Crippen LogP contribution in [0.25, 0.3) is 5.69 Å². The van der Waals surface area contributed by atoms with Gasteiger partial charge in [0.25, 0.3) is 5.91 Å². The summed E-state index contributed by atoms with van der Waals surface area (Å²) < 4.78 is 7.29. The van der Waals surface area contributed by atoms with Gasteiger partial charge in [0, 0.05) is 31.1 Å². The average molecular weight is 338 g/mol. The monoisotopic (exact) mass is 338 g/mol. The summed E-state index contributed by atoms with van der Waals surface area (Å²) in [5, 5.41) is 17.8. The zero-order valence-corrected chi connectivity index (χ0v) is 13.2. The van der Waals surface area contributed by atoms with Crippen molar-refractivity contribution in [1.29, 1.82) is 0 Å². The highest BCUT2D eigenvalue weighted by atomic mass is 16.6. The van der Waals surface area contributed by atoms with Gasteiger partial charge in [-0.05, 0) is 42.5 Å². The summed E-state index contributed by atoms with van der Waals surface area (Å²) in [5.41, 5.74) is 0.745. The maximum absolute atomic E-state index is 11.6. The van der Waals surface area contributed by atoms with Gasteiger partial charge in [-0.1, -0.05) is 0 Å². The zero-order valence-electron chi connectivity index (χ0n) is 13.2. The van der Waals surface area contributed by atoms with Gasteiger partial charge in [0.1, 0.15) is 5.75 Å². The number of carbonyl (C=O) groups is 1. The van der Waals surface area contributed by atoms with Gasteiger partial charge in [0.05, 0.1) is 10.6 Å². The molecule has 0 spiro atoms. The van der Waals surface area contributed by atoms with Crippen LogP contribution in [0.5, 0.6) is 11.5 Å². The molecule has 0 aliphatic carbocycles. The van der Waals surface area contributed by atoms with Crippen LogP contribution in [0.15, 0.2) is 60.9 Å². The molecule has 0 fully saturated rings. The standard InChI is InChI=1S/C17H14N4O4/c1-18-17(22)12-3-8-16(15(11-12)21(23)24)25-14-6-4-13(5-7-14)20-10-2-9-19-20/h2-11H,1H3,(H,18,22). The van der Waals surface area contributed by atoms with Crippen molar-refractivity contribution >= 4 is 11.6 Å². The first-order chi connectivity index (χ1) is 12.1. The summed E-state index contributed by atoms with van der Waals surface area (Å²) in [4.78, 5) is 22.3. The summed E-state index contributed by atoms with van der Waals surface area (Å²) in [6, 6.07) is 12.8. The second kappa shape index (κ2) is 6.83. The molecular formula is C17H14N4O4. The molecule has 0 saturated carbocycles. The van der Waals surface area contributed by atoms with E-state index in [1.54, 1.807) is 41.3 Å². The third-order valence-electron chi connectivity index (χ3n) is 3.48. The molecule has 0 radical (unpaired) electrons. The van der Waals surface area contributed by atoms with Crippen LogP contribution < -0.4 is 10.1 Å². The summed E-state index contributed by atoms with van der Waals surface area (Å²) in [5.74, 6) is 0.0921. The van der Waals surface area contributed by atoms with E-state index < -0.39 is 10.8 Å². The Morgan fingerprint density at radius 1 is 1.24 bits per heavy atom. The van der Waals surface area contributed by atoms with E-state index >= 15 is 0 Å². The smallest absolute Gasteiger partial charge is 0.312 e. The lowest BCUT2D eigenvalue weighted by atomic mass is 10.1. The molecule has 0 saturated heterocycles. The Balaban J connectivity index is 1.87. The van der Waals surface area contributed by atoms with Crippen molar-refractivity contribution in [3.05, 3.63) is 76.6 Å². The molecule has 8 heteroatoms. The minimum Gasteiger partial charge on any atom is -0.450 e. The van der Waals surface area contributed by atoms with Gasteiger partial charge >= 0.3 is 5.69 Å². The first kappa shape index (κ1) is 16.2. The van der Waals surface area contributed by atoms with Gasteiger partial charge in [-0.2, -0.15) is 5.10 Å². The fourth-order valence-electron chi connectivity index (χ4n) is 2.25. The molecule has 8 nitrogen and oxygen atoms in total. The van der Waals surface area contributed by atoms with E-state index in [9.17, 15) is 14.9 Å². The maximum Gasteiger partial charge on any atom is 0.312 e. The lowest BCUT2D eigenvalue weighted by Crippen LogP contribution is -2.17. The topological polar surface area (TPSA) is 99.3 Å². The maximum atomic E-state index is 11.6. The fourth-order valence-corrected chi connectivity index (χ4v) is 2.25. The highest BCUT2D eigenvalue weighted by Gasteiger charge is 2.19. The van der Waals surface area contributed by atoms with Gasteiger partial charge < -0.3 is 10.1 Å². The number of nitro groups is 1. The molecule has 0 bridgehead atoms. The number of nitro benzene ring substituents is 1. The SMILES string of the molecule is CNC(=O)c1ccc(Oc2ccc(-n3cccn3)cc2)c([N+](=O)[O-])c1. The van der Waals surface area contributed by atoms with E-state index in [-0.39, 0.29) is 17.0 Å². The molecule has 0 aliphatic rings. The minimum absolute atomic E-state index is 0.0597. The predicted octanol–water partition coefficient (Wildman–Crippen LogP) is 2.93. The van der Waals surface area contributed by atoms with Gasteiger partial charge in [-0.3, -0.25) is 14.9 Å². The summed E-state index contributed by atoms with van der Waals surface area (Å²) in [7, 11) is 1.46. The van der Waals surface area contributed by atoms with Crippen LogP contribution >= 0.6 is 0 Å². The third kappa shape index (κ3) is 3.47. The zero-order chi connectivity index (χ0) is 17.8. The largest absolute Gasteiger partial charge is 0.450 e. The van der Waals surface area contributed by atoms with Crippen LogP contribution in [-0.2, 0) is 0 Å². The van der Waals surface area contributed by atoms with Crippen molar-refractivity contribution in [2.24, 2.45) is 0 Å². The Morgan fingerprint density at radius 2 is 2.00 bits per heavy atom. The van der Waals surface area contributed by atoms with Gasteiger partial charge in [0.2, 0.25) is 5.75 Å². The number of amides is 1. The third-order valence-corrected chi connectivity index (χ3v) is 3.48. The number of rotatable bonds is 5. The van der Waals surface area contributed by atoms with Crippen LogP contribution in [0, 0.1) is 10.1 Å². The summed E-state index contributed by atoms with van der Waals surface area (Å²) in [6.45, 7) is 0. The Morgan fingerprint density at radius 3 is 2.60 bits per heavy atom. The Kier molecular flexibility index (Phi) is 4.42. The highest BCUT2D eigenvalue weighted by molar-refractivity contribution is 5.95. The minimum atomic E-state index is -0.583. The van der Waals surface area contributed by atoms with E-state index in [1.165, 1.54) is 25.2 Å². The second-order valence-electron chi connectivity index (χ2n) is 5.07. The molecule has 2 aromatic carbocycles. The number of nitrogens with zero attached hydrogens (tertiary/aromatic N) is 3. The fraction of sp³-hybridized carbons (Fsp3) is 0.0588. The lowest BCUT2D eigenvalue weighted by Gasteiger charge is -2.08. The van der Waals surface area contributed by atoms with E-state index in [4.69, 9.17) is 4.74 Å². The number of nitrogens with one attached hydrogen (secondary N) is 1. The second-order valence-corrected chi connectivity index (χ2v) is 5.07. The van der Waals surface area contributed by atoms with Crippen LogP contribution in [0.2, 0.25) is 0 Å². The molecular weight excluding hydrogens is 324 g/mol. The molecule has 126 valence electrons. The van der Waals surface area contributed by atoms with Crippen molar-refractivity contribution in [2.75, 3.05) is 7.05 Å².